The molecule has 8 nitrogen and oxygen atoms in total. The first-order valence-electron chi connectivity index (χ1n) is 11.3. The summed E-state index contributed by atoms with van der Waals surface area (Å²) in [6.45, 7) is -0.443. The molecular formula is C24H21ClF2N2O6S2. The Bertz CT molecular complexity index is 1540. The van der Waals surface area contributed by atoms with Crippen molar-refractivity contribution in [2.45, 2.75) is 33.5 Å². The lowest BCUT2D eigenvalue weighted by molar-refractivity contribution is -0.0732. The van der Waals surface area contributed by atoms with Crippen molar-refractivity contribution in [2.24, 2.45) is 5.92 Å². The normalized spacial score (nSPS) is 23.5. The third kappa shape index (κ3) is 4.29. The predicted molar refractivity (Wildman–Crippen MR) is 129 cm³/mol. The molecule has 0 radical (unpaired) electrons. The molecule has 3 aromatic rings. The molecule has 1 aromatic heterocycles. The maximum absolute atomic E-state index is 15.4. The number of hydrogen-bond acceptors (Lipinski definition) is 8. The molecule has 37 heavy (non-hydrogen) atoms. The second kappa shape index (κ2) is 9.57. The molecule has 1 saturated heterocycles. The van der Waals surface area contributed by atoms with E-state index >= 15 is 4.39 Å². The van der Waals surface area contributed by atoms with Crippen molar-refractivity contribution in [1.29, 1.82) is 0 Å². The van der Waals surface area contributed by atoms with E-state index < -0.39 is 65.1 Å². The van der Waals surface area contributed by atoms with Crippen LogP contribution in [-0.2, 0) is 29.2 Å². The van der Waals surface area contributed by atoms with Gasteiger partial charge in [0.2, 0.25) is 0 Å². The number of ether oxygens (including phenoxy) is 2. The highest BCUT2D eigenvalue weighted by molar-refractivity contribution is 7.92. The third-order valence-electron chi connectivity index (χ3n) is 6.93. The van der Waals surface area contributed by atoms with E-state index in [9.17, 15) is 21.2 Å². The fourth-order valence-electron chi connectivity index (χ4n) is 5.19. The van der Waals surface area contributed by atoms with Crippen LogP contribution in [0.1, 0.15) is 18.4 Å². The molecule has 0 unspecified atom stereocenters. The van der Waals surface area contributed by atoms with E-state index in [-0.39, 0.29) is 35.8 Å². The van der Waals surface area contributed by atoms with Crippen LogP contribution in [0.4, 0.5) is 8.78 Å². The van der Waals surface area contributed by atoms with Gasteiger partial charge in [0.1, 0.15) is 10.6 Å². The van der Waals surface area contributed by atoms with Gasteiger partial charge in [-0.15, -0.1) is 0 Å². The average molecular weight is 571 g/mol. The first-order chi connectivity index (χ1) is 17.6. The van der Waals surface area contributed by atoms with Crippen molar-refractivity contribution in [3.8, 4) is 5.75 Å². The van der Waals surface area contributed by atoms with Crippen LogP contribution in [0, 0.1) is 17.6 Å². The number of nitrogens with zero attached hydrogens (tertiary/aromatic N) is 2. The predicted octanol–water partition coefficient (Wildman–Crippen LogP) is 3.74. The third-order valence-corrected chi connectivity index (χ3v) is 11.5. The molecule has 0 spiro atoms. The molecule has 2 aliphatic rings. The summed E-state index contributed by atoms with van der Waals surface area (Å²) in [5.74, 6) is -3.72. The van der Waals surface area contributed by atoms with E-state index in [0.717, 1.165) is 18.3 Å². The van der Waals surface area contributed by atoms with Crippen LogP contribution in [-0.4, -0.2) is 52.1 Å². The molecule has 13 heteroatoms. The minimum absolute atomic E-state index is 0.0447. The Labute approximate surface area is 217 Å². The van der Waals surface area contributed by atoms with E-state index in [1.54, 1.807) is 0 Å². The summed E-state index contributed by atoms with van der Waals surface area (Å²) in [6.07, 6.45) is 1.12. The molecule has 2 aliphatic heterocycles. The standard InChI is InChI=1S/C24H21ClF2N2O6S2/c25-15-1-3-16(4-2-15)37(32,33)24-9-11-34-21(8-12-36(30,31)17-7-10-28-29-13-17)18(24)14-35-23-20(27)6-5-19(26)22(23)24/h1-7,10,13,18,21H,8-9,11-12,14H2/t18-,21-,24-/m0/s1. The zero-order chi connectivity index (χ0) is 26.4. The molecule has 1 fully saturated rings. The van der Waals surface area contributed by atoms with Gasteiger partial charge in [0.05, 0.1) is 46.2 Å². The zero-order valence-electron chi connectivity index (χ0n) is 19.2. The summed E-state index contributed by atoms with van der Waals surface area (Å²) >= 11 is 5.96. The maximum Gasteiger partial charge on any atom is 0.189 e. The summed E-state index contributed by atoms with van der Waals surface area (Å²) in [7, 11) is -8.19. The lowest BCUT2D eigenvalue weighted by Crippen LogP contribution is -2.57. The van der Waals surface area contributed by atoms with Crippen molar-refractivity contribution in [2.75, 3.05) is 19.0 Å². The highest BCUT2D eigenvalue weighted by atomic mass is 35.5. The van der Waals surface area contributed by atoms with Crippen LogP contribution in [0.3, 0.4) is 0 Å². The molecule has 0 N–H and O–H groups in total. The molecule has 0 bridgehead atoms. The van der Waals surface area contributed by atoms with Crippen molar-refractivity contribution in [3.63, 3.8) is 0 Å². The Morgan fingerprint density at radius 2 is 1.70 bits per heavy atom. The summed E-state index contributed by atoms with van der Waals surface area (Å²) < 4.78 is 94.0. The molecule has 0 saturated carbocycles. The number of aromatic nitrogens is 2. The van der Waals surface area contributed by atoms with Gasteiger partial charge in [0.25, 0.3) is 0 Å². The molecular weight excluding hydrogens is 550 g/mol. The van der Waals surface area contributed by atoms with Gasteiger partial charge in [0.15, 0.2) is 31.2 Å². The first-order valence-corrected chi connectivity index (χ1v) is 14.8. The quantitative estimate of drug-likeness (QED) is 0.440. The number of fused-ring (bicyclic) bond motifs is 3. The Morgan fingerprint density at radius 1 is 0.973 bits per heavy atom. The second-order valence-electron chi connectivity index (χ2n) is 8.84. The van der Waals surface area contributed by atoms with Crippen molar-refractivity contribution in [3.05, 3.63) is 77.1 Å². The van der Waals surface area contributed by atoms with Crippen molar-refractivity contribution in [1.82, 2.24) is 10.2 Å². The van der Waals surface area contributed by atoms with E-state index in [4.69, 9.17) is 21.1 Å². The number of rotatable bonds is 6. The van der Waals surface area contributed by atoms with E-state index in [1.807, 2.05) is 0 Å². The van der Waals surface area contributed by atoms with Gasteiger partial charge in [-0.05, 0) is 55.3 Å². The molecule has 3 heterocycles. The van der Waals surface area contributed by atoms with E-state index in [2.05, 4.69) is 10.2 Å². The highest BCUT2D eigenvalue weighted by Gasteiger charge is 2.61. The van der Waals surface area contributed by atoms with Gasteiger partial charge < -0.3 is 9.47 Å². The lowest BCUT2D eigenvalue weighted by atomic mass is 9.75. The van der Waals surface area contributed by atoms with Crippen LogP contribution >= 0.6 is 11.6 Å². The van der Waals surface area contributed by atoms with E-state index in [0.29, 0.717) is 5.02 Å². The van der Waals surface area contributed by atoms with Gasteiger partial charge in [0, 0.05) is 17.5 Å². The monoisotopic (exact) mass is 570 g/mol. The topological polar surface area (TPSA) is 113 Å². The van der Waals surface area contributed by atoms with Crippen LogP contribution < -0.4 is 4.74 Å². The average Bonchev–Trinajstić information content (AvgIpc) is 2.89. The van der Waals surface area contributed by atoms with Gasteiger partial charge in [-0.1, -0.05) is 11.6 Å². The Hall–Kier alpha value is -2.67. The molecule has 196 valence electrons. The summed E-state index contributed by atoms with van der Waals surface area (Å²) in [5.41, 5.74) is -0.409. The fraction of sp³-hybridized carbons (Fsp3) is 0.333. The van der Waals surface area contributed by atoms with Gasteiger partial charge in [-0.3, -0.25) is 0 Å². The maximum atomic E-state index is 15.4. The van der Waals surface area contributed by atoms with Gasteiger partial charge in [-0.25, -0.2) is 25.6 Å². The highest BCUT2D eigenvalue weighted by Crippen LogP contribution is 2.56. The Kier molecular flexibility index (Phi) is 6.71. The number of benzene rings is 2. The Morgan fingerprint density at radius 3 is 2.41 bits per heavy atom. The van der Waals surface area contributed by atoms with E-state index in [1.165, 1.54) is 36.5 Å². The molecule has 0 aliphatic carbocycles. The lowest BCUT2D eigenvalue weighted by Gasteiger charge is -2.50. The van der Waals surface area contributed by atoms with Gasteiger partial charge in [-0.2, -0.15) is 10.2 Å². The van der Waals surface area contributed by atoms with Crippen LogP contribution in [0.15, 0.2) is 64.6 Å². The smallest absolute Gasteiger partial charge is 0.189 e. The number of sulfone groups is 2. The van der Waals surface area contributed by atoms with Crippen LogP contribution in [0.5, 0.6) is 5.75 Å². The fourth-order valence-corrected chi connectivity index (χ4v) is 8.91. The van der Waals surface area contributed by atoms with Crippen LogP contribution in [0.2, 0.25) is 5.02 Å². The summed E-state index contributed by atoms with van der Waals surface area (Å²) in [5, 5.41) is 7.47. The summed E-state index contributed by atoms with van der Waals surface area (Å²) in [6, 6.07) is 8.45. The zero-order valence-corrected chi connectivity index (χ0v) is 21.6. The van der Waals surface area contributed by atoms with Crippen molar-refractivity contribution >= 4 is 31.3 Å². The second-order valence-corrected chi connectivity index (χ2v) is 13.6. The van der Waals surface area contributed by atoms with Gasteiger partial charge >= 0.3 is 0 Å². The molecule has 3 atom stereocenters. The first kappa shape index (κ1) is 26.0. The Balaban J connectivity index is 1.62. The number of hydrogen-bond donors (Lipinski definition) is 0. The van der Waals surface area contributed by atoms with Crippen molar-refractivity contribution < 1.29 is 35.1 Å². The minimum Gasteiger partial charge on any atom is -0.490 e. The number of halogens is 3. The summed E-state index contributed by atoms with van der Waals surface area (Å²) in [4.78, 5) is -0.175. The largest absolute Gasteiger partial charge is 0.490 e. The molecule has 2 aromatic carbocycles. The molecule has 5 rings (SSSR count). The van der Waals surface area contributed by atoms with Crippen LogP contribution in [0.25, 0.3) is 0 Å². The molecule has 0 amide bonds. The minimum atomic E-state index is -4.39. The SMILES string of the molecule is O=S(=O)(CC[C@@H]1OCC[C@@]2(S(=O)(=O)c3ccc(Cl)cc3)c3c(F)ccc(F)c3OC[C@@H]12)c1ccnnc1.